The molecular formula is C22H21ClN2O. The summed E-state index contributed by atoms with van der Waals surface area (Å²) in [7, 11) is 0. The number of anilines is 1. The second-order valence-corrected chi connectivity index (χ2v) is 7.09. The van der Waals surface area contributed by atoms with Gasteiger partial charge in [0, 0.05) is 10.7 Å². The number of carbonyl (C=O) groups is 1. The predicted octanol–water partition coefficient (Wildman–Crippen LogP) is 6.06. The van der Waals surface area contributed by atoms with Crippen molar-refractivity contribution in [2.75, 3.05) is 5.32 Å². The molecule has 0 saturated heterocycles. The van der Waals surface area contributed by atoms with Crippen LogP contribution in [-0.4, -0.2) is 6.03 Å². The first kappa shape index (κ1) is 18.0. The molecule has 3 aromatic rings. The van der Waals surface area contributed by atoms with Gasteiger partial charge in [0.05, 0.1) is 5.54 Å². The predicted molar refractivity (Wildman–Crippen MR) is 109 cm³/mol. The molecule has 0 aliphatic rings. The summed E-state index contributed by atoms with van der Waals surface area (Å²) < 4.78 is 0. The summed E-state index contributed by atoms with van der Waals surface area (Å²) >= 11 is 5.86. The molecule has 0 aromatic heterocycles. The molecule has 3 aromatic carbocycles. The van der Waals surface area contributed by atoms with Gasteiger partial charge in [-0.05, 0) is 54.8 Å². The Morgan fingerprint density at radius 2 is 1.38 bits per heavy atom. The molecule has 2 N–H and O–H groups in total. The topological polar surface area (TPSA) is 41.1 Å². The molecule has 3 rings (SSSR count). The van der Waals surface area contributed by atoms with E-state index >= 15 is 0 Å². The van der Waals surface area contributed by atoms with E-state index in [0.29, 0.717) is 10.7 Å². The summed E-state index contributed by atoms with van der Waals surface area (Å²) in [4.78, 5) is 12.3. The quantitative estimate of drug-likeness (QED) is 0.580. The molecule has 4 heteroatoms. The molecule has 3 nitrogen and oxygen atoms in total. The van der Waals surface area contributed by atoms with Crippen LogP contribution in [0.25, 0.3) is 11.1 Å². The molecule has 0 atom stereocenters. The average Bonchev–Trinajstić information content (AvgIpc) is 2.64. The van der Waals surface area contributed by atoms with Gasteiger partial charge in [-0.15, -0.1) is 0 Å². The number of benzene rings is 3. The Labute approximate surface area is 159 Å². The molecule has 0 heterocycles. The van der Waals surface area contributed by atoms with Crippen LogP contribution in [0.15, 0.2) is 78.9 Å². The van der Waals surface area contributed by atoms with Crippen LogP contribution in [0.5, 0.6) is 0 Å². The second-order valence-electron chi connectivity index (χ2n) is 6.65. The zero-order chi connectivity index (χ0) is 18.6. The number of amides is 2. The highest BCUT2D eigenvalue weighted by Gasteiger charge is 2.22. The molecule has 0 radical (unpaired) electrons. The summed E-state index contributed by atoms with van der Waals surface area (Å²) in [5.74, 6) is 0. The van der Waals surface area contributed by atoms with Crippen LogP contribution in [0.2, 0.25) is 5.02 Å². The highest BCUT2D eigenvalue weighted by molar-refractivity contribution is 6.30. The third-order valence-corrected chi connectivity index (χ3v) is 4.49. The highest BCUT2D eigenvalue weighted by atomic mass is 35.5. The van der Waals surface area contributed by atoms with Crippen molar-refractivity contribution >= 4 is 23.3 Å². The lowest BCUT2D eigenvalue weighted by atomic mass is 9.92. The van der Waals surface area contributed by atoms with Crippen molar-refractivity contribution < 1.29 is 4.79 Å². The highest BCUT2D eigenvalue weighted by Crippen LogP contribution is 2.25. The minimum Gasteiger partial charge on any atom is -0.329 e. The smallest absolute Gasteiger partial charge is 0.319 e. The number of nitrogens with one attached hydrogen (secondary N) is 2. The van der Waals surface area contributed by atoms with E-state index in [1.165, 1.54) is 5.56 Å². The maximum atomic E-state index is 12.3. The van der Waals surface area contributed by atoms with Crippen molar-refractivity contribution in [3.05, 3.63) is 89.4 Å². The molecule has 0 saturated carbocycles. The third kappa shape index (κ3) is 4.44. The summed E-state index contributed by atoms with van der Waals surface area (Å²) in [6.07, 6.45) is 0. The maximum Gasteiger partial charge on any atom is 0.319 e. The van der Waals surface area contributed by atoms with Crippen LogP contribution in [0, 0.1) is 0 Å². The molecule has 0 bridgehead atoms. The van der Waals surface area contributed by atoms with Crippen LogP contribution >= 0.6 is 11.6 Å². The van der Waals surface area contributed by atoms with Crippen LogP contribution < -0.4 is 10.6 Å². The molecule has 26 heavy (non-hydrogen) atoms. The van der Waals surface area contributed by atoms with Crippen LogP contribution in [0.1, 0.15) is 19.4 Å². The second kappa shape index (κ2) is 7.63. The lowest BCUT2D eigenvalue weighted by molar-refractivity contribution is 0.242. The zero-order valence-electron chi connectivity index (χ0n) is 14.8. The molecule has 0 aliphatic heterocycles. The molecular weight excluding hydrogens is 344 g/mol. The Morgan fingerprint density at radius 3 is 2.00 bits per heavy atom. The first-order valence-electron chi connectivity index (χ1n) is 8.45. The third-order valence-electron chi connectivity index (χ3n) is 4.24. The lowest BCUT2D eigenvalue weighted by Crippen LogP contribution is -2.43. The number of carbonyl (C=O) groups excluding carboxylic acids is 1. The molecule has 2 amide bonds. The summed E-state index contributed by atoms with van der Waals surface area (Å²) in [5.41, 5.74) is 3.54. The Morgan fingerprint density at radius 1 is 0.808 bits per heavy atom. The monoisotopic (exact) mass is 364 g/mol. The van der Waals surface area contributed by atoms with E-state index in [9.17, 15) is 4.79 Å². The van der Waals surface area contributed by atoms with Gasteiger partial charge in [0.25, 0.3) is 0 Å². The van der Waals surface area contributed by atoms with Gasteiger partial charge in [0.15, 0.2) is 0 Å². The van der Waals surface area contributed by atoms with Gasteiger partial charge in [-0.25, -0.2) is 4.79 Å². The van der Waals surface area contributed by atoms with E-state index < -0.39 is 5.54 Å². The fourth-order valence-corrected chi connectivity index (χ4v) is 2.89. The zero-order valence-corrected chi connectivity index (χ0v) is 15.5. The van der Waals surface area contributed by atoms with E-state index in [1.807, 2.05) is 44.2 Å². The molecule has 0 aliphatic carbocycles. The van der Waals surface area contributed by atoms with E-state index in [4.69, 9.17) is 11.6 Å². The number of rotatable bonds is 4. The summed E-state index contributed by atoms with van der Waals surface area (Å²) in [6.45, 7) is 3.96. The van der Waals surface area contributed by atoms with E-state index in [1.54, 1.807) is 24.3 Å². The Hall–Kier alpha value is -2.78. The Kier molecular flexibility index (Phi) is 5.29. The minimum absolute atomic E-state index is 0.260. The SMILES string of the molecule is CC(C)(NC(=O)Nc1ccc(Cl)cc1)c1ccc(-c2ccccc2)cc1. The fraction of sp³-hybridized carbons (Fsp3) is 0.136. The van der Waals surface area contributed by atoms with Gasteiger partial charge in [0.1, 0.15) is 0 Å². The van der Waals surface area contributed by atoms with Gasteiger partial charge in [0.2, 0.25) is 0 Å². The van der Waals surface area contributed by atoms with Crippen molar-refractivity contribution in [3.63, 3.8) is 0 Å². The Bertz CT molecular complexity index is 872. The van der Waals surface area contributed by atoms with Crippen molar-refractivity contribution in [3.8, 4) is 11.1 Å². The molecule has 132 valence electrons. The fourth-order valence-electron chi connectivity index (χ4n) is 2.76. The first-order chi connectivity index (χ1) is 12.4. The van der Waals surface area contributed by atoms with Crippen molar-refractivity contribution in [2.24, 2.45) is 0 Å². The standard InChI is InChI=1S/C22H21ClN2O/c1-22(2,25-21(26)24-20-14-12-19(23)13-15-20)18-10-8-17(9-11-18)16-6-4-3-5-7-16/h3-15H,1-2H3,(H2,24,25,26). The maximum absolute atomic E-state index is 12.3. The van der Waals surface area contributed by atoms with Crippen molar-refractivity contribution in [1.29, 1.82) is 0 Å². The lowest BCUT2D eigenvalue weighted by Gasteiger charge is -2.27. The van der Waals surface area contributed by atoms with Gasteiger partial charge in [-0.2, -0.15) is 0 Å². The Balaban J connectivity index is 1.69. The molecule has 0 spiro atoms. The summed E-state index contributed by atoms with van der Waals surface area (Å²) in [6, 6.07) is 25.2. The minimum atomic E-state index is -0.508. The van der Waals surface area contributed by atoms with Gasteiger partial charge < -0.3 is 10.6 Å². The van der Waals surface area contributed by atoms with Gasteiger partial charge in [-0.1, -0.05) is 66.2 Å². The van der Waals surface area contributed by atoms with E-state index in [0.717, 1.165) is 11.1 Å². The first-order valence-corrected chi connectivity index (χ1v) is 8.82. The number of hydrogen-bond donors (Lipinski definition) is 2. The van der Waals surface area contributed by atoms with E-state index in [-0.39, 0.29) is 6.03 Å². The van der Waals surface area contributed by atoms with Crippen molar-refractivity contribution in [2.45, 2.75) is 19.4 Å². The largest absolute Gasteiger partial charge is 0.329 e. The van der Waals surface area contributed by atoms with Crippen LogP contribution in [-0.2, 0) is 5.54 Å². The van der Waals surface area contributed by atoms with Crippen LogP contribution in [0.4, 0.5) is 10.5 Å². The van der Waals surface area contributed by atoms with Crippen LogP contribution in [0.3, 0.4) is 0 Å². The van der Waals surface area contributed by atoms with E-state index in [2.05, 4.69) is 34.9 Å². The summed E-state index contributed by atoms with van der Waals surface area (Å²) in [5, 5.41) is 6.47. The van der Waals surface area contributed by atoms with Gasteiger partial charge in [-0.3, -0.25) is 0 Å². The molecule has 0 unspecified atom stereocenters. The van der Waals surface area contributed by atoms with Crippen molar-refractivity contribution in [1.82, 2.24) is 5.32 Å². The number of hydrogen-bond acceptors (Lipinski definition) is 1. The molecule has 0 fully saturated rings. The normalized spacial score (nSPS) is 11.0. The number of urea groups is 1. The average molecular weight is 365 g/mol. The van der Waals surface area contributed by atoms with Gasteiger partial charge >= 0.3 is 6.03 Å². The number of halogens is 1.